The molecule has 25 heavy (non-hydrogen) atoms. The van der Waals surface area contributed by atoms with Gasteiger partial charge in [-0.25, -0.2) is 17.6 Å². The number of sulfonamides is 1. The van der Waals surface area contributed by atoms with Gasteiger partial charge in [0.15, 0.2) is 0 Å². The maximum Gasteiger partial charge on any atom is 0.338 e. The second-order valence-electron chi connectivity index (χ2n) is 5.20. The monoisotopic (exact) mass is 406 g/mol. The number of hydrogen-bond donors (Lipinski definition) is 2. The number of anilines is 2. The zero-order chi connectivity index (χ0) is 18.9. The van der Waals surface area contributed by atoms with Gasteiger partial charge in [-0.2, -0.15) is 0 Å². The molecule has 0 unspecified atom stereocenters. The smallest absolute Gasteiger partial charge is 0.338 e. The molecule has 0 heterocycles. The van der Waals surface area contributed by atoms with Crippen LogP contribution in [0.4, 0.5) is 15.8 Å². The Hall–Kier alpha value is -2.03. The first-order valence-corrected chi connectivity index (χ1v) is 8.99. The Balaban J connectivity index is 2.57. The Morgan fingerprint density at radius 2 is 1.84 bits per heavy atom. The topological polar surface area (TPSA) is 86.7 Å². The van der Waals surface area contributed by atoms with Crippen LogP contribution in [-0.4, -0.2) is 33.6 Å². The number of nitrogens with zero attached hydrogens (tertiary/aromatic N) is 1. The van der Waals surface area contributed by atoms with E-state index in [1.54, 1.807) is 31.1 Å². The molecule has 6 nitrogen and oxygen atoms in total. The number of carbonyl (C=O) groups is 1. The predicted octanol–water partition coefficient (Wildman–Crippen LogP) is 3.70. The van der Waals surface area contributed by atoms with E-state index in [1.807, 2.05) is 0 Å². The molecule has 0 atom stereocenters. The number of hydrogen-bond acceptors (Lipinski definition) is 4. The van der Waals surface area contributed by atoms with Crippen molar-refractivity contribution in [1.82, 2.24) is 0 Å². The fourth-order valence-electron chi connectivity index (χ4n) is 2.15. The van der Waals surface area contributed by atoms with Gasteiger partial charge in [0.25, 0.3) is 10.0 Å². The molecule has 134 valence electrons. The summed E-state index contributed by atoms with van der Waals surface area (Å²) in [6, 6.07) is 5.92. The van der Waals surface area contributed by atoms with E-state index in [2.05, 4.69) is 4.72 Å². The molecule has 0 aliphatic heterocycles. The van der Waals surface area contributed by atoms with Crippen LogP contribution in [0.1, 0.15) is 10.4 Å². The fourth-order valence-corrected chi connectivity index (χ4v) is 4.10. The maximum atomic E-state index is 13.6. The summed E-state index contributed by atoms with van der Waals surface area (Å²) in [5.41, 5.74) is -0.233. The van der Waals surface area contributed by atoms with E-state index in [0.717, 1.165) is 0 Å². The molecule has 2 N–H and O–H groups in total. The molecule has 0 aromatic heterocycles. The maximum absolute atomic E-state index is 13.6. The van der Waals surface area contributed by atoms with Crippen LogP contribution in [0.3, 0.4) is 0 Å². The van der Waals surface area contributed by atoms with Crippen LogP contribution in [0.2, 0.25) is 10.0 Å². The molecule has 0 fully saturated rings. The molecule has 2 aromatic carbocycles. The molecule has 10 heteroatoms. The van der Waals surface area contributed by atoms with Gasteiger partial charge in [0.05, 0.1) is 27.0 Å². The Bertz CT molecular complexity index is 949. The van der Waals surface area contributed by atoms with Crippen LogP contribution in [0.25, 0.3) is 0 Å². The summed E-state index contributed by atoms with van der Waals surface area (Å²) in [5.74, 6) is -2.74. The third-order valence-corrected chi connectivity index (χ3v) is 5.36. The van der Waals surface area contributed by atoms with Crippen molar-refractivity contribution in [2.24, 2.45) is 0 Å². The van der Waals surface area contributed by atoms with E-state index in [4.69, 9.17) is 28.3 Å². The van der Waals surface area contributed by atoms with Crippen molar-refractivity contribution in [2.75, 3.05) is 23.7 Å². The van der Waals surface area contributed by atoms with E-state index in [-0.39, 0.29) is 5.69 Å². The lowest BCUT2D eigenvalue weighted by Crippen LogP contribution is -2.18. The van der Waals surface area contributed by atoms with Gasteiger partial charge in [-0.3, -0.25) is 4.72 Å². The molecule has 0 aliphatic rings. The molecular formula is C15H13Cl2FN2O4S. The SMILES string of the molecule is CN(C)c1c(Cl)cccc1NS(=O)(=O)c1cc(C(=O)O)c(F)cc1Cl. The van der Waals surface area contributed by atoms with Crippen molar-refractivity contribution in [2.45, 2.75) is 4.90 Å². The summed E-state index contributed by atoms with van der Waals surface area (Å²) in [6.45, 7) is 0. The third-order valence-electron chi connectivity index (χ3n) is 3.22. The van der Waals surface area contributed by atoms with E-state index in [9.17, 15) is 17.6 Å². The zero-order valence-electron chi connectivity index (χ0n) is 13.0. The molecule has 0 saturated carbocycles. The quantitative estimate of drug-likeness (QED) is 0.790. The highest BCUT2D eigenvalue weighted by Gasteiger charge is 2.24. The summed E-state index contributed by atoms with van der Waals surface area (Å²) in [4.78, 5) is 12.1. The Labute approximate surface area is 153 Å². The van der Waals surface area contributed by atoms with E-state index < -0.39 is 37.3 Å². The number of rotatable bonds is 5. The average Bonchev–Trinajstić information content (AvgIpc) is 2.45. The van der Waals surface area contributed by atoms with Crippen LogP contribution >= 0.6 is 23.2 Å². The minimum Gasteiger partial charge on any atom is -0.478 e. The van der Waals surface area contributed by atoms with E-state index >= 15 is 0 Å². The second-order valence-corrected chi connectivity index (χ2v) is 7.67. The van der Waals surface area contributed by atoms with Crippen LogP contribution in [0, 0.1) is 5.82 Å². The highest BCUT2D eigenvalue weighted by Crippen LogP contribution is 2.35. The fraction of sp³-hybridized carbons (Fsp3) is 0.133. The standard InChI is InChI=1S/C15H13Cl2FN2O4S/c1-20(2)14-9(16)4-3-5-12(14)19-25(23,24)13-6-8(15(21)22)11(18)7-10(13)17/h3-7,19H,1-2H3,(H,21,22). The zero-order valence-corrected chi connectivity index (χ0v) is 15.4. The van der Waals surface area contributed by atoms with Crippen molar-refractivity contribution in [3.8, 4) is 0 Å². The molecule has 0 spiro atoms. The van der Waals surface area contributed by atoms with Crippen LogP contribution in [-0.2, 0) is 10.0 Å². The Kier molecular flexibility index (Phi) is 5.46. The van der Waals surface area contributed by atoms with Crippen molar-refractivity contribution >= 4 is 50.6 Å². The largest absolute Gasteiger partial charge is 0.478 e. The summed E-state index contributed by atoms with van der Waals surface area (Å²) < 4.78 is 41.2. The minimum absolute atomic E-state index is 0.162. The average molecular weight is 407 g/mol. The lowest BCUT2D eigenvalue weighted by atomic mass is 10.2. The van der Waals surface area contributed by atoms with E-state index in [0.29, 0.717) is 22.8 Å². The second kappa shape index (κ2) is 7.07. The van der Waals surface area contributed by atoms with Crippen molar-refractivity contribution in [3.05, 3.63) is 51.8 Å². The molecule has 0 aliphatic carbocycles. The Morgan fingerprint density at radius 1 is 1.20 bits per heavy atom. The van der Waals surface area contributed by atoms with Gasteiger partial charge in [0.2, 0.25) is 0 Å². The van der Waals surface area contributed by atoms with Gasteiger partial charge in [-0.15, -0.1) is 0 Å². The molecule has 2 aromatic rings. The highest BCUT2D eigenvalue weighted by molar-refractivity contribution is 7.92. The number of nitrogens with one attached hydrogen (secondary N) is 1. The number of benzene rings is 2. The minimum atomic E-state index is -4.29. The number of halogens is 3. The molecule has 2 rings (SSSR count). The van der Waals surface area contributed by atoms with Crippen molar-refractivity contribution in [3.63, 3.8) is 0 Å². The summed E-state index contributed by atoms with van der Waals surface area (Å²) >= 11 is 11.9. The molecule has 0 amide bonds. The van der Waals surface area contributed by atoms with Crippen LogP contribution < -0.4 is 9.62 Å². The molecule has 0 saturated heterocycles. The summed E-state index contributed by atoms with van der Waals surface area (Å²) in [5, 5.41) is 8.83. The lowest BCUT2D eigenvalue weighted by molar-refractivity contribution is 0.0691. The van der Waals surface area contributed by atoms with Crippen molar-refractivity contribution in [1.29, 1.82) is 0 Å². The van der Waals surface area contributed by atoms with Crippen LogP contribution in [0.5, 0.6) is 0 Å². The van der Waals surface area contributed by atoms with Crippen molar-refractivity contribution < 1.29 is 22.7 Å². The van der Waals surface area contributed by atoms with Gasteiger partial charge in [0.1, 0.15) is 10.7 Å². The number of carboxylic acid groups (broad SMARTS) is 1. The first-order chi connectivity index (χ1) is 11.5. The lowest BCUT2D eigenvalue weighted by Gasteiger charge is -2.20. The van der Waals surface area contributed by atoms with Crippen LogP contribution in [0.15, 0.2) is 35.2 Å². The first kappa shape index (κ1) is 19.3. The van der Waals surface area contributed by atoms with Gasteiger partial charge in [-0.05, 0) is 24.3 Å². The summed E-state index contributed by atoms with van der Waals surface area (Å²) in [6.07, 6.45) is 0. The van der Waals surface area contributed by atoms with E-state index in [1.165, 1.54) is 6.07 Å². The Morgan fingerprint density at radius 3 is 2.40 bits per heavy atom. The van der Waals surface area contributed by atoms with Gasteiger partial charge in [0, 0.05) is 14.1 Å². The number of aromatic carboxylic acids is 1. The van der Waals surface area contributed by atoms with Gasteiger partial charge in [-0.1, -0.05) is 29.3 Å². The van der Waals surface area contributed by atoms with Gasteiger partial charge < -0.3 is 10.0 Å². The highest BCUT2D eigenvalue weighted by atomic mass is 35.5. The molecular weight excluding hydrogens is 394 g/mol. The molecule has 0 radical (unpaired) electrons. The first-order valence-electron chi connectivity index (χ1n) is 6.75. The number of carboxylic acids is 1. The third kappa shape index (κ3) is 3.97. The number of para-hydroxylation sites is 1. The molecule has 0 bridgehead atoms. The predicted molar refractivity (Wildman–Crippen MR) is 95.0 cm³/mol. The summed E-state index contributed by atoms with van der Waals surface area (Å²) in [7, 11) is -0.941. The normalized spacial score (nSPS) is 11.2. The van der Waals surface area contributed by atoms with Gasteiger partial charge >= 0.3 is 5.97 Å².